The van der Waals surface area contributed by atoms with Crippen molar-refractivity contribution in [1.82, 2.24) is 4.98 Å². The van der Waals surface area contributed by atoms with E-state index in [2.05, 4.69) is 11.9 Å². The Morgan fingerprint density at radius 3 is 2.71 bits per heavy atom. The van der Waals surface area contributed by atoms with Crippen molar-refractivity contribution in [3.8, 4) is 0 Å². The molecule has 1 saturated carbocycles. The zero-order valence-corrected chi connectivity index (χ0v) is 9.04. The summed E-state index contributed by atoms with van der Waals surface area (Å²) in [6.45, 7) is 6.08. The van der Waals surface area contributed by atoms with Crippen LogP contribution in [0.1, 0.15) is 36.7 Å². The lowest BCUT2D eigenvalue weighted by atomic mass is 10.0. The van der Waals surface area contributed by atoms with Crippen molar-refractivity contribution >= 4 is 0 Å². The molecule has 1 aromatic heterocycles. The van der Waals surface area contributed by atoms with Gasteiger partial charge in [-0.05, 0) is 32.3 Å². The van der Waals surface area contributed by atoms with Gasteiger partial charge in [0, 0.05) is 17.0 Å². The zero-order chi connectivity index (χ0) is 10.3. The lowest BCUT2D eigenvalue weighted by molar-refractivity contribution is 0.129. The Morgan fingerprint density at radius 1 is 1.50 bits per heavy atom. The van der Waals surface area contributed by atoms with Crippen LogP contribution in [0.4, 0.5) is 0 Å². The van der Waals surface area contributed by atoms with E-state index in [1.54, 1.807) is 0 Å². The second-order valence-corrected chi connectivity index (χ2v) is 4.32. The molecular formula is C12H17NO. The minimum atomic E-state index is -0.570. The summed E-state index contributed by atoms with van der Waals surface area (Å²) in [4.78, 5) is 4.39. The molecule has 2 unspecified atom stereocenters. The van der Waals surface area contributed by atoms with Gasteiger partial charge in [0.2, 0.25) is 0 Å². The molecule has 1 aliphatic carbocycles. The van der Waals surface area contributed by atoms with E-state index >= 15 is 0 Å². The van der Waals surface area contributed by atoms with Gasteiger partial charge < -0.3 is 5.11 Å². The fourth-order valence-corrected chi connectivity index (χ4v) is 2.27. The number of nitrogens with zero attached hydrogens (tertiary/aromatic N) is 1. The monoisotopic (exact) mass is 191 g/mol. The molecular weight excluding hydrogens is 174 g/mol. The molecule has 0 spiro atoms. The van der Waals surface area contributed by atoms with E-state index in [0.29, 0.717) is 5.92 Å². The molecule has 0 aromatic carbocycles. The van der Waals surface area contributed by atoms with Crippen molar-refractivity contribution in [3.63, 3.8) is 0 Å². The summed E-state index contributed by atoms with van der Waals surface area (Å²) >= 11 is 0. The topological polar surface area (TPSA) is 33.1 Å². The molecule has 0 radical (unpaired) electrons. The van der Waals surface area contributed by atoms with Crippen LogP contribution in [0.25, 0.3) is 0 Å². The zero-order valence-electron chi connectivity index (χ0n) is 9.04. The number of aliphatic hydroxyl groups is 1. The minimum absolute atomic E-state index is 0.436. The van der Waals surface area contributed by atoms with Gasteiger partial charge in [-0.2, -0.15) is 0 Å². The normalized spacial score (nSPS) is 30.4. The highest BCUT2D eigenvalue weighted by Gasteiger charge is 2.53. The molecule has 0 saturated heterocycles. The summed E-state index contributed by atoms with van der Waals surface area (Å²) in [5, 5.41) is 10.3. The van der Waals surface area contributed by atoms with Gasteiger partial charge in [-0.15, -0.1) is 0 Å². The molecule has 1 heterocycles. The largest absolute Gasteiger partial charge is 0.385 e. The van der Waals surface area contributed by atoms with E-state index in [1.165, 1.54) is 0 Å². The maximum absolute atomic E-state index is 10.3. The molecule has 1 aromatic rings. The van der Waals surface area contributed by atoms with Gasteiger partial charge in [-0.1, -0.05) is 19.4 Å². The van der Waals surface area contributed by atoms with E-state index in [-0.39, 0.29) is 0 Å². The highest BCUT2D eigenvalue weighted by Crippen LogP contribution is 2.54. The van der Waals surface area contributed by atoms with E-state index < -0.39 is 5.60 Å². The highest BCUT2D eigenvalue weighted by atomic mass is 16.3. The van der Waals surface area contributed by atoms with Crippen LogP contribution >= 0.6 is 0 Å². The fraction of sp³-hybridized carbons (Fsp3) is 0.583. The van der Waals surface area contributed by atoms with Crippen molar-refractivity contribution in [1.29, 1.82) is 0 Å². The smallest absolute Gasteiger partial charge is 0.0946 e. The molecule has 1 aliphatic rings. The van der Waals surface area contributed by atoms with Gasteiger partial charge in [-0.25, -0.2) is 0 Å². The lowest BCUT2D eigenvalue weighted by Crippen LogP contribution is -2.11. The van der Waals surface area contributed by atoms with Crippen LogP contribution in [-0.2, 0) is 5.60 Å². The quantitative estimate of drug-likeness (QED) is 0.778. The molecule has 14 heavy (non-hydrogen) atoms. The lowest BCUT2D eigenvalue weighted by Gasteiger charge is -2.13. The van der Waals surface area contributed by atoms with Crippen LogP contribution in [-0.4, -0.2) is 10.1 Å². The number of hydrogen-bond acceptors (Lipinski definition) is 2. The Labute approximate surface area is 85.0 Å². The van der Waals surface area contributed by atoms with E-state index in [4.69, 9.17) is 0 Å². The van der Waals surface area contributed by atoms with Crippen molar-refractivity contribution in [3.05, 3.63) is 29.1 Å². The van der Waals surface area contributed by atoms with Crippen LogP contribution in [0.3, 0.4) is 0 Å². The predicted octanol–water partition coefficient (Wildman–Crippen LogP) is 2.32. The van der Waals surface area contributed by atoms with Crippen LogP contribution in [0, 0.1) is 19.8 Å². The van der Waals surface area contributed by atoms with Crippen molar-refractivity contribution in [2.24, 2.45) is 5.92 Å². The second kappa shape index (κ2) is 3.06. The number of aromatic nitrogens is 1. The van der Waals surface area contributed by atoms with Gasteiger partial charge in [0.1, 0.15) is 0 Å². The Hall–Kier alpha value is -0.890. The average molecular weight is 191 g/mol. The van der Waals surface area contributed by atoms with Crippen molar-refractivity contribution < 1.29 is 5.11 Å². The second-order valence-electron chi connectivity index (χ2n) is 4.32. The minimum Gasteiger partial charge on any atom is -0.385 e. The van der Waals surface area contributed by atoms with E-state index in [9.17, 15) is 5.11 Å². The number of rotatable bonds is 2. The molecule has 2 rings (SSSR count). The third-order valence-electron chi connectivity index (χ3n) is 3.26. The first-order valence-corrected chi connectivity index (χ1v) is 5.25. The molecule has 1 N–H and O–H groups in total. The van der Waals surface area contributed by atoms with Gasteiger partial charge in [0.05, 0.1) is 5.60 Å². The van der Waals surface area contributed by atoms with Crippen LogP contribution in [0.2, 0.25) is 0 Å². The summed E-state index contributed by atoms with van der Waals surface area (Å²) in [6, 6.07) is 4.00. The van der Waals surface area contributed by atoms with Gasteiger partial charge in [0.15, 0.2) is 0 Å². The summed E-state index contributed by atoms with van der Waals surface area (Å²) in [5.74, 6) is 0.436. The molecule has 76 valence electrons. The molecule has 0 amide bonds. The average Bonchev–Trinajstić information content (AvgIpc) is 2.77. The fourth-order valence-electron chi connectivity index (χ4n) is 2.27. The van der Waals surface area contributed by atoms with Crippen molar-refractivity contribution in [2.45, 2.75) is 39.2 Å². The third-order valence-corrected chi connectivity index (χ3v) is 3.26. The Balaban J connectivity index is 2.34. The first kappa shape index (κ1) is 9.66. The van der Waals surface area contributed by atoms with Crippen LogP contribution in [0.15, 0.2) is 12.1 Å². The van der Waals surface area contributed by atoms with Crippen molar-refractivity contribution in [2.75, 3.05) is 0 Å². The maximum atomic E-state index is 10.3. The Bertz CT molecular complexity index is 361. The first-order chi connectivity index (χ1) is 6.58. The highest BCUT2D eigenvalue weighted by molar-refractivity contribution is 5.33. The summed E-state index contributed by atoms with van der Waals surface area (Å²) in [7, 11) is 0. The summed E-state index contributed by atoms with van der Waals surface area (Å²) in [5.41, 5.74) is 2.45. The standard InChI is InChI=1S/C12H17NO/c1-4-10-7-12(10,14)11-6-5-8(2)13-9(11)3/h5-6,10,14H,4,7H2,1-3H3. The number of hydrogen-bond donors (Lipinski definition) is 1. The predicted molar refractivity (Wildman–Crippen MR) is 56.0 cm³/mol. The maximum Gasteiger partial charge on any atom is 0.0946 e. The molecule has 2 atom stereocenters. The van der Waals surface area contributed by atoms with Crippen LogP contribution in [0.5, 0.6) is 0 Å². The third kappa shape index (κ3) is 1.34. The van der Waals surface area contributed by atoms with Crippen LogP contribution < -0.4 is 0 Å². The Kier molecular flexibility index (Phi) is 2.11. The SMILES string of the molecule is CCC1CC1(O)c1ccc(C)nc1C. The number of pyridine rings is 1. The molecule has 0 bridgehead atoms. The summed E-state index contributed by atoms with van der Waals surface area (Å²) < 4.78 is 0. The first-order valence-electron chi connectivity index (χ1n) is 5.25. The van der Waals surface area contributed by atoms with Gasteiger partial charge >= 0.3 is 0 Å². The molecule has 2 heteroatoms. The molecule has 1 fully saturated rings. The van der Waals surface area contributed by atoms with Gasteiger partial charge in [0.25, 0.3) is 0 Å². The van der Waals surface area contributed by atoms with E-state index in [1.807, 2.05) is 26.0 Å². The number of aryl methyl sites for hydroxylation is 2. The van der Waals surface area contributed by atoms with E-state index in [0.717, 1.165) is 29.8 Å². The summed E-state index contributed by atoms with van der Waals surface area (Å²) in [6.07, 6.45) is 1.94. The molecule has 2 nitrogen and oxygen atoms in total. The molecule has 0 aliphatic heterocycles. The Morgan fingerprint density at radius 2 is 2.21 bits per heavy atom. The van der Waals surface area contributed by atoms with Gasteiger partial charge in [-0.3, -0.25) is 4.98 Å².